The molecule has 214 valence electrons. The van der Waals surface area contributed by atoms with Gasteiger partial charge in [-0.1, -0.05) is 174 Å². The lowest BCUT2D eigenvalue weighted by atomic mass is 10.0. The Morgan fingerprint density at radius 1 is 0.500 bits per heavy atom. The molecule has 0 fully saturated rings. The number of rotatable bonds is 30. The maximum absolute atomic E-state index is 12.2. The fraction of sp³-hybridized carbons (Fsp3) is 0.939. The minimum Gasteiger partial charge on any atom is -0.465 e. The summed E-state index contributed by atoms with van der Waals surface area (Å²) in [5.74, 6) is -0.859. The fourth-order valence-electron chi connectivity index (χ4n) is 5.02. The van der Waals surface area contributed by atoms with E-state index in [1.165, 1.54) is 141 Å². The Labute approximate surface area is 226 Å². The Morgan fingerprint density at radius 2 is 0.806 bits per heavy atom. The Hall–Kier alpha value is -0.860. The summed E-state index contributed by atoms with van der Waals surface area (Å²) in [6.45, 7) is 5.01. The molecule has 1 unspecified atom stereocenters. The first-order chi connectivity index (χ1) is 17.8. The summed E-state index contributed by atoms with van der Waals surface area (Å²) in [6, 6.07) is 0. The quantitative estimate of drug-likeness (QED) is 0.0419. The number of esters is 1. The van der Waals surface area contributed by atoms with Gasteiger partial charge in [0.05, 0.1) is 6.61 Å². The highest BCUT2D eigenvalue weighted by molar-refractivity contribution is 5.87. The van der Waals surface area contributed by atoms with Gasteiger partial charge in [0.1, 0.15) is 12.2 Å². The summed E-state index contributed by atoms with van der Waals surface area (Å²) in [5.41, 5.74) is 0. The molecule has 0 bridgehead atoms. The minimum absolute atomic E-state index is 0.303. The van der Waals surface area contributed by atoms with Crippen LogP contribution >= 0.6 is 0 Å². The predicted octanol–water partition coefficient (Wildman–Crippen LogP) is 10.9. The van der Waals surface area contributed by atoms with E-state index in [-0.39, 0.29) is 5.97 Å². The SMILES string of the molecule is CCCCCCCCCCCCCCCCOC(=O)C(C=O)CCCCCCCCCCCCCC. The molecule has 0 rings (SSSR count). The van der Waals surface area contributed by atoms with Crippen LogP contribution in [0.1, 0.15) is 187 Å². The zero-order chi connectivity index (χ0) is 26.4. The van der Waals surface area contributed by atoms with Crippen molar-refractivity contribution in [3.8, 4) is 0 Å². The minimum atomic E-state index is -0.556. The van der Waals surface area contributed by atoms with Gasteiger partial charge in [0.15, 0.2) is 0 Å². The van der Waals surface area contributed by atoms with Gasteiger partial charge < -0.3 is 9.53 Å². The summed E-state index contributed by atoms with van der Waals surface area (Å²) in [5, 5.41) is 0. The second-order valence-corrected chi connectivity index (χ2v) is 11.2. The number of carbonyl (C=O) groups excluding carboxylic acids is 2. The smallest absolute Gasteiger partial charge is 0.316 e. The van der Waals surface area contributed by atoms with Crippen LogP contribution in [0.3, 0.4) is 0 Å². The molecule has 0 spiro atoms. The Morgan fingerprint density at radius 3 is 1.14 bits per heavy atom. The second kappa shape index (κ2) is 30.4. The molecule has 0 aliphatic heterocycles. The molecule has 0 aliphatic rings. The maximum atomic E-state index is 12.2. The monoisotopic (exact) mass is 508 g/mol. The van der Waals surface area contributed by atoms with Crippen molar-refractivity contribution in [2.45, 2.75) is 187 Å². The van der Waals surface area contributed by atoms with Crippen molar-refractivity contribution >= 4 is 12.3 Å². The first-order valence-electron chi connectivity index (χ1n) is 16.4. The third kappa shape index (κ3) is 26.2. The van der Waals surface area contributed by atoms with Gasteiger partial charge in [-0.3, -0.25) is 4.79 Å². The van der Waals surface area contributed by atoms with Crippen LogP contribution in [-0.2, 0) is 14.3 Å². The third-order valence-electron chi connectivity index (χ3n) is 7.58. The molecule has 0 radical (unpaired) electrons. The van der Waals surface area contributed by atoms with Gasteiger partial charge in [-0.2, -0.15) is 0 Å². The van der Waals surface area contributed by atoms with Gasteiger partial charge >= 0.3 is 5.97 Å². The summed E-state index contributed by atoms with van der Waals surface area (Å²) >= 11 is 0. The van der Waals surface area contributed by atoms with Crippen LogP contribution in [-0.4, -0.2) is 18.9 Å². The van der Waals surface area contributed by atoms with Crippen molar-refractivity contribution in [2.24, 2.45) is 5.92 Å². The van der Waals surface area contributed by atoms with Crippen molar-refractivity contribution in [1.29, 1.82) is 0 Å². The van der Waals surface area contributed by atoms with E-state index in [1.54, 1.807) is 0 Å². The van der Waals surface area contributed by atoms with E-state index in [1.807, 2.05) is 0 Å². The maximum Gasteiger partial charge on any atom is 0.316 e. The van der Waals surface area contributed by atoms with Crippen molar-refractivity contribution in [1.82, 2.24) is 0 Å². The van der Waals surface area contributed by atoms with E-state index in [4.69, 9.17) is 4.74 Å². The zero-order valence-corrected chi connectivity index (χ0v) is 24.7. The van der Waals surface area contributed by atoms with Crippen LogP contribution in [0.15, 0.2) is 0 Å². The number of hydrogen-bond donors (Lipinski definition) is 0. The van der Waals surface area contributed by atoms with Crippen LogP contribution in [0.25, 0.3) is 0 Å². The van der Waals surface area contributed by atoms with Crippen LogP contribution in [0, 0.1) is 5.92 Å². The summed E-state index contributed by atoms with van der Waals surface area (Å²) in [6.07, 6.45) is 35.4. The molecule has 0 N–H and O–H groups in total. The third-order valence-corrected chi connectivity index (χ3v) is 7.58. The number of ether oxygens (including phenoxy) is 1. The van der Waals surface area contributed by atoms with Crippen LogP contribution in [0.2, 0.25) is 0 Å². The molecule has 0 saturated heterocycles. The molecule has 3 heteroatoms. The molecule has 1 atom stereocenters. The van der Waals surface area contributed by atoms with Crippen molar-refractivity contribution < 1.29 is 14.3 Å². The van der Waals surface area contributed by atoms with Gasteiger partial charge in [-0.15, -0.1) is 0 Å². The highest BCUT2D eigenvalue weighted by atomic mass is 16.5. The van der Waals surface area contributed by atoms with Gasteiger partial charge in [-0.05, 0) is 12.8 Å². The average Bonchev–Trinajstić information content (AvgIpc) is 2.89. The van der Waals surface area contributed by atoms with E-state index in [0.29, 0.717) is 13.0 Å². The number of carbonyl (C=O) groups is 2. The summed E-state index contributed by atoms with van der Waals surface area (Å²) < 4.78 is 5.39. The van der Waals surface area contributed by atoms with Crippen molar-refractivity contribution in [2.75, 3.05) is 6.61 Å². The molecule has 36 heavy (non-hydrogen) atoms. The van der Waals surface area contributed by atoms with E-state index >= 15 is 0 Å². The van der Waals surface area contributed by atoms with Gasteiger partial charge in [0.2, 0.25) is 0 Å². The lowest BCUT2D eigenvalue weighted by Crippen LogP contribution is -2.19. The summed E-state index contributed by atoms with van der Waals surface area (Å²) in [7, 11) is 0. The van der Waals surface area contributed by atoms with Gasteiger partial charge in [-0.25, -0.2) is 0 Å². The van der Waals surface area contributed by atoms with Crippen molar-refractivity contribution in [3.05, 3.63) is 0 Å². The molecule has 0 aromatic rings. The highest BCUT2D eigenvalue weighted by Gasteiger charge is 2.18. The Balaban J connectivity index is 3.41. The van der Waals surface area contributed by atoms with Crippen molar-refractivity contribution in [3.63, 3.8) is 0 Å². The Bertz CT molecular complexity index is 448. The van der Waals surface area contributed by atoms with Crippen LogP contribution < -0.4 is 0 Å². The summed E-state index contributed by atoms with van der Waals surface area (Å²) in [4.78, 5) is 23.5. The molecule has 0 aromatic heterocycles. The molecular weight excluding hydrogens is 444 g/mol. The lowest BCUT2D eigenvalue weighted by molar-refractivity contribution is -0.150. The molecular formula is C33H64O3. The van der Waals surface area contributed by atoms with Crippen LogP contribution in [0.5, 0.6) is 0 Å². The molecule has 0 amide bonds. The molecule has 0 aliphatic carbocycles. The lowest BCUT2D eigenvalue weighted by Gasteiger charge is -2.10. The largest absolute Gasteiger partial charge is 0.465 e. The average molecular weight is 509 g/mol. The van der Waals surface area contributed by atoms with Crippen LogP contribution in [0.4, 0.5) is 0 Å². The first-order valence-corrected chi connectivity index (χ1v) is 16.4. The van der Waals surface area contributed by atoms with E-state index < -0.39 is 5.92 Å². The normalized spacial score (nSPS) is 12.1. The molecule has 0 aromatic carbocycles. The Kier molecular flexibility index (Phi) is 29.6. The zero-order valence-electron chi connectivity index (χ0n) is 24.7. The second-order valence-electron chi connectivity index (χ2n) is 11.2. The predicted molar refractivity (Wildman–Crippen MR) is 157 cm³/mol. The fourth-order valence-corrected chi connectivity index (χ4v) is 5.02. The standard InChI is InChI=1S/C33H64O3/c1-3-5-7-9-11-13-15-17-18-20-22-24-26-28-30-36-33(35)32(31-34)29-27-25-23-21-19-16-14-12-10-8-6-4-2/h31-32H,3-30H2,1-2H3. The molecule has 0 saturated carbocycles. The van der Waals surface area contributed by atoms with E-state index in [2.05, 4.69) is 13.8 Å². The highest BCUT2D eigenvalue weighted by Crippen LogP contribution is 2.16. The van der Waals surface area contributed by atoms with E-state index in [9.17, 15) is 9.59 Å². The van der Waals surface area contributed by atoms with Gasteiger partial charge in [0, 0.05) is 0 Å². The number of hydrogen-bond acceptors (Lipinski definition) is 3. The van der Waals surface area contributed by atoms with E-state index in [0.717, 1.165) is 32.0 Å². The van der Waals surface area contributed by atoms with Gasteiger partial charge in [0.25, 0.3) is 0 Å². The number of aldehydes is 1. The first kappa shape index (κ1) is 35.1. The number of unbranched alkanes of at least 4 members (excludes halogenated alkanes) is 24. The molecule has 0 heterocycles. The molecule has 3 nitrogen and oxygen atoms in total. The topological polar surface area (TPSA) is 43.4 Å².